The minimum Gasteiger partial charge on any atom is -0.389 e. The van der Waals surface area contributed by atoms with Crippen LogP contribution in [0.1, 0.15) is 38.7 Å². The number of aliphatic hydroxyl groups is 1. The van der Waals surface area contributed by atoms with E-state index < -0.39 is 5.60 Å². The third-order valence-electron chi connectivity index (χ3n) is 4.39. The van der Waals surface area contributed by atoms with Gasteiger partial charge in [-0.1, -0.05) is 38.8 Å². The van der Waals surface area contributed by atoms with E-state index in [2.05, 4.69) is 13.8 Å². The molecule has 2 heteroatoms. The van der Waals surface area contributed by atoms with Gasteiger partial charge in [0.1, 0.15) is 5.82 Å². The van der Waals surface area contributed by atoms with Crippen molar-refractivity contribution < 1.29 is 9.50 Å². The largest absolute Gasteiger partial charge is 0.389 e. The Morgan fingerprint density at radius 1 is 1.29 bits per heavy atom. The molecule has 0 saturated heterocycles. The maximum Gasteiger partial charge on any atom is 0.123 e. The summed E-state index contributed by atoms with van der Waals surface area (Å²) in [6, 6.07) is 6.49. The van der Waals surface area contributed by atoms with Gasteiger partial charge in [0.05, 0.1) is 5.60 Å². The van der Waals surface area contributed by atoms with Crippen LogP contribution in [0, 0.1) is 17.7 Å². The van der Waals surface area contributed by atoms with Gasteiger partial charge in [0.15, 0.2) is 0 Å². The molecule has 1 aromatic rings. The van der Waals surface area contributed by atoms with Crippen LogP contribution >= 0.6 is 0 Å². The summed E-state index contributed by atoms with van der Waals surface area (Å²) in [7, 11) is 0. The van der Waals surface area contributed by atoms with E-state index in [-0.39, 0.29) is 5.82 Å². The first-order valence-electron chi connectivity index (χ1n) is 6.48. The Hall–Kier alpha value is -0.890. The third kappa shape index (κ3) is 2.68. The van der Waals surface area contributed by atoms with Crippen LogP contribution in [0.15, 0.2) is 24.3 Å². The SMILES string of the molecule is CC1CCCC(O)(Cc2ccc(F)cc2)C1C. The van der Waals surface area contributed by atoms with Crippen molar-refractivity contribution >= 4 is 0 Å². The van der Waals surface area contributed by atoms with Gasteiger partial charge in [0.25, 0.3) is 0 Å². The molecule has 94 valence electrons. The summed E-state index contributed by atoms with van der Waals surface area (Å²) >= 11 is 0. The zero-order valence-corrected chi connectivity index (χ0v) is 10.6. The van der Waals surface area contributed by atoms with Gasteiger partial charge in [0.2, 0.25) is 0 Å². The molecule has 1 aromatic carbocycles. The Bertz CT molecular complexity index is 373. The monoisotopic (exact) mass is 236 g/mol. The number of halogens is 1. The number of hydrogen-bond acceptors (Lipinski definition) is 1. The lowest BCUT2D eigenvalue weighted by Crippen LogP contribution is -2.44. The molecule has 1 nitrogen and oxygen atoms in total. The predicted octanol–water partition coefficient (Wildman–Crippen LogP) is 3.56. The van der Waals surface area contributed by atoms with Gasteiger partial charge in [-0.2, -0.15) is 0 Å². The molecule has 1 aliphatic carbocycles. The highest BCUT2D eigenvalue weighted by Gasteiger charge is 2.39. The third-order valence-corrected chi connectivity index (χ3v) is 4.39. The van der Waals surface area contributed by atoms with Crippen LogP contribution in [0.25, 0.3) is 0 Å². The zero-order chi connectivity index (χ0) is 12.5. The smallest absolute Gasteiger partial charge is 0.123 e. The molecule has 0 aliphatic heterocycles. The summed E-state index contributed by atoms with van der Waals surface area (Å²) in [6.07, 6.45) is 3.78. The highest BCUT2D eigenvalue weighted by atomic mass is 19.1. The van der Waals surface area contributed by atoms with Crippen LogP contribution in [-0.2, 0) is 6.42 Å². The highest BCUT2D eigenvalue weighted by Crippen LogP contribution is 2.39. The van der Waals surface area contributed by atoms with E-state index in [1.807, 2.05) is 0 Å². The molecule has 0 amide bonds. The van der Waals surface area contributed by atoms with Gasteiger partial charge in [-0.05, 0) is 36.0 Å². The lowest BCUT2D eigenvalue weighted by Gasteiger charge is -2.42. The van der Waals surface area contributed by atoms with Crippen molar-refractivity contribution in [3.05, 3.63) is 35.6 Å². The Morgan fingerprint density at radius 3 is 2.59 bits per heavy atom. The second-order valence-corrected chi connectivity index (χ2v) is 5.57. The predicted molar refractivity (Wildman–Crippen MR) is 67.2 cm³/mol. The second kappa shape index (κ2) is 4.77. The van der Waals surface area contributed by atoms with Crippen LogP contribution in [-0.4, -0.2) is 10.7 Å². The van der Waals surface area contributed by atoms with Crippen molar-refractivity contribution in [3.63, 3.8) is 0 Å². The molecule has 3 unspecified atom stereocenters. The van der Waals surface area contributed by atoms with E-state index >= 15 is 0 Å². The summed E-state index contributed by atoms with van der Waals surface area (Å²) in [6.45, 7) is 4.34. The highest BCUT2D eigenvalue weighted by molar-refractivity contribution is 5.19. The van der Waals surface area contributed by atoms with Crippen LogP contribution in [0.4, 0.5) is 4.39 Å². The minimum absolute atomic E-state index is 0.217. The summed E-state index contributed by atoms with van der Waals surface area (Å²) in [4.78, 5) is 0. The minimum atomic E-state index is -0.616. The molecule has 3 atom stereocenters. The first-order chi connectivity index (χ1) is 8.01. The summed E-state index contributed by atoms with van der Waals surface area (Å²) < 4.78 is 12.8. The van der Waals surface area contributed by atoms with E-state index in [0.29, 0.717) is 18.3 Å². The van der Waals surface area contributed by atoms with Crippen molar-refractivity contribution in [1.82, 2.24) is 0 Å². The Kier molecular flexibility index (Phi) is 3.53. The van der Waals surface area contributed by atoms with Crippen LogP contribution < -0.4 is 0 Å². The Labute approximate surface area is 103 Å². The lowest BCUT2D eigenvalue weighted by molar-refractivity contribution is -0.0621. The summed E-state index contributed by atoms with van der Waals surface area (Å²) in [5.41, 5.74) is 0.407. The Balaban J connectivity index is 2.13. The van der Waals surface area contributed by atoms with Crippen molar-refractivity contribution in [2.24, 2.45) is 11.8 Å². The molecule has 1 saturated carbocycles. The molecular formula is C15H21FO. The Morgan fingerprint density at radius 2 is 1.94 bits per heavy atom. The normalized spacial score (nSPS) is 33.6. The van der Waals surface area contributed by atoms with Crippen LogP contribution in [0.2, 0.25) is 0 Å². The van der Waals surface area contributed by atoms with Gasteiger partial charge >= 0.3 is 0 Å². The van der Waals surface area contributed by atoms with E-state index in [1.54, 1.807) is 12.1 Å². The average molecular weight is 236 g/mol. The standard InChI is InChI=1S/C15H21FO/c1-11-4-3-9-15(17,12(11)2)10-13-5-7-14(16)8-6-13/h5-8,11-12,17H,3-4,9-10H2,1-2H3. The summed E-state index contributed by atoms with van der Waals surface area (Å²) in [5.74, 6) is 0.654. The molecule has 1 aliphatic rings. The number of rotatable bonds is 2. The number of hydrogen-bond donors (Lipinski definition) is 1. The van der Waals surface area contributed by atoms with E-state index in [1.165, 1.54) is 18.6 Å². The van der Waals surface area contributed by atoms with Gasteiger partial charge in [0, 0.05) is 6.42 Å². The van der Waals surface area contributed by atoms with Crippen LogP contribution in [0.5, 0.6) is 0 Å². The fourth-order valence-electron chi connectivity index (χ4n) is 2.94. The molecule has 0 radical (unpaired) electrons. The molecule has 2 rings (SSSR count). The fraction of sp³-hybridized carbons (Fsp3) is 0.600. The van der Waals surface area contributed by atoms with E-state index in [4.69, 9.17) is 0 Å². The lowest BCUT2D eigenvalue weighted by atomic mass is 9.68. The molecule has 1 fully saturated rings. The van der Waals surface area contributed by atoms with Gasteiger partial charge in [-0.3, -0.25) is 0 Å². The average Bonchev–Trinajstić information content (AvgIpc) is 2.29. The van der Waals surface area contributed by atoms with E-state index in [9.17, 15) is 9.50 Å². The van der Waals surface area contributed by atoms with Crippen molar-refractivity contribution in [2.45, 2.75) is 45.1 Å². The maximum atomic E-state index is 12.8. The first kappa shape index (κ1) is 12.6. The van der Waals surface area contributed by atoms with Crippen LogP contribution in [0.3, 0.4) is 0 Å². The van der Waals surface area contributed by atoms with E-state index in [0.717, 1.165) is 18.4 Å². The molecule has 0 spiro atoms. The van der Waals surface area contributed by atoms with Crippen molar-refractivity contribution in [1.29, 1.82) is 0 Å². The van der Waals surface area contributed by atoms with Crippen molar-refractivity contribution in [3.8, 4) is 0 Å². The quantitative estimate of drug-likeness (QED) is 0.832. The molecule has 0 aromatic heterocycles. The zero-order valence-electron chi connectivity index (χ0n) is 10.6. The molecule has 0 bridgehead atoms. The summed E-state index contributed by atoms with van der Waals surface area (Å²) in [5, 5.41) is 10.7. The van der Waals surface area contributed by atoms with Gasteiger partial charge in [-0.25, -0.2) is 4.39 Å². The van der Waals surface area contributed by atoms with Crippen molar-refractivity contribution in [2.75, 3.05) is 0 Å². The molecule has 17 heavy (non-hydrogen) atoms. The second-order valence-electron chi connectivity index (χ2n) is 5.57. The maximum absolute atomic E-state index is 12.8. The molecular weight excluding hydrogens is 215 g/mol. The molecule has 0 heterocycles. The van der Waals surface area contributed by atoms with Gasteiger partial charge in [-0.15, -0.1) is 0 Å². The number of benzene rings is 1. The first-order valence-corrected chi connectivity index (χ1v) is 6.48. The molecule has 1 N–H and O–H groups in total. The van der Waals surface area contributed by atoms with Gasteiger partial charge < -0.3 is 5.11 Å². The topological polar surface area (TPSA) is 20.2 Å². The fourth-order valence-corrected chi connectivity index (χ4v) is 2.94.